The SMILES string of the molecule is Cc1sc2nc(SCC(=O)NCCC(C)C)[nH]c(=O)c2c1C. The molecule has 0 aromatic carbocycles. The van der Waals surface area contributed by atoms with E-state index in [2.05, 4.69) is 29.1 Å². The van der Waals surface area contributed by atoms with E-state index in [-0.39, 0.29) is 17.2 Å². The highest BCUT2D eigenvalue weighted by Crippen LogP contribution is 2.27. The molecule has 0 saturated heterocycles. The number of nitrogens with zero attached hydrogens (tertiary/aromatic N) is 1. The van der Waals surface area contributed by atoms with Gasteiger partial charge < -0.3 is 10.3 Å². The van der Waals surface area contributed by atoms with Gasteiger partial charge in [-0.15, -0.1) is 11.3 Å². The topological polar surface area (TPSA) is 74.8 Å². The van der Waals surface area contributed by atoms with Crippen molar-refractivity contribution in [2.75, 3.05) is 12.3 Å². The lowest BCUT2D eigenvalue weighted by atomic mass is 10.1. The highest BCUT2D eigenvalue weighted by Gasteiger charge is 2.12. The van der Waals surface area contributed by atoms with Gasteiger partial charge in [-0.25, -0.2) is 4.98 Å². The highest BCUT2D eigenvalue weighted by atomic mass is 32.2. The maximum Gasteiger partial charge on any atom is 0.260 e. The van der Waals surface area contributed by atoms with Crippen molar-refractivity contribution in [2.45, 2.75) is 39.3 Å². The van der Waals surface area contributed by atoms with Crippen LogP contribution in [0, 0.1) is 19.8 Å². The van der Waals surface area contributed by atoms with Crippen LogP contribution in [0.15, 0.2) is 9.95 Å². The van der Waals surface area contributed by atoms with Gasteiger partial charge in [0.25, 0.3) is 5.56 Å². The van der Waals surface area contributed by atoms with Crippen molar-refractivity contribution >= 4 is 39.2 Å². The fourth-order valence-electron chi connectivity index (χ4n) is 1.99. The Morgan fingerprint density at radius 3 is 2.82 bits per heavy atom. The van der Waals surface area contributed by atoms with Gasteiger partial charge in [0.15, 0.2) is 5.16 Å². The normalized spacial score (nSPS) is 11.3. The number of aromatic amines is 1. The number of fused-ring (bicyclic) bond motifs is 1. The second-order valence-corrected chi connectivity index (χ2v) is 7.82. The van der Waals surface area contributed by atoms with Crippen LogP contribution >= 0.6 is 23.1 Å². The fraction of sp³-hybridized carbons (Fsp3) is 0.533. The first-order chi connectivity index (χ1) is 10.4. The predicted molar refractivity (Wildman–Crippen MR) is 92.9 cm³/mol. The van der Waals surface area contributed by atoms with Crippen molar-refractivity contribution in [3.05, 3.63) is 20.8 Å². The molecule has 2 heterocycles. The molecule has 0 atom stereocenters. The number of hydrogen-bond donors (Lipinski definition) is 2. The summed E-state index contributed by atoms with van der Waals surface area (Å²) in [7, 11) is 0. The molecule has 0 unspecified atom stereocenters. The summed E-state index contributed by atoms with van der Waals surface area (Å²) < 4.78 is 0. The first-order valence-corrected chi connectivity index (χ1v) is 9.08. The third-order valence-electron chi connectivity index (χ3n) is 3.40. The van der Waals surface area contributed by atoms with Crippen molar-refractivity contribution in [1.82, 2.24) is 15.3 Å². The third-order valence-corrected chi connectivity index (χ3v) is 5.38. The smallest absolute Gasteiger partial charge is 0.260 e. The molecule has 0 aliphatic carbocycles. The molecule has 2 aromatic rings. The van der Waals surface area contributed by atoms with Crippen molar-refractivity contribution in [3.8, 4) is 0 Å². The molecule has 120 valence electrons. The first kappa shape index (κ1) is 17.0. The lowest BCUT2D eigenvalue weighted by Crippen LogP contribution is -2.27. The Labute approximate surface area is 137 Å². The lowest BCUT2D eigenvalue weighted by Gasteiger charge is -2.06. The quantitative estimate of drug-likeness (QED) is 0.627. The van der Waals surface area contributed by atoms with E-state index in [1.54, 1.807) is 0 Å². The molecule has 0 aliphatic rings. The number of aromatic nitrogens is 2. The Morgan fingerprint density at radius 1 is 1.41 bits per heavy atom. The van der Waals surface area contributed by atoms with Gasteiger partial charge in [0.2, 0.25) is 5.91 Å². The summed E-state index contributed by atoms with van der Waals surface area (Å²) in [4.78, 5) is 32.9. The van der Waals surface area contributed by atoms with E-state index in [1.807, 2.05) is 13.8 Å². The molecule has 2 rings (SSSR count). The number of amides is 1. The summed E-state index contributed by atoms with van der Waals surface area (Å²) in [5.41, 5.74) is 0.853. The summed E-state index contributed by atoms with van der Waals surface area (Å²) in [6.45, 7) is 8.84. The van der Waals surface area contributed by atoms with Crippen LogP contribution in [0.5, 0.6) is 0 Å². The average molecular weight is 339 g/mol. The molecule has 22 heavy (non-hydrogen) atoms. The molecule has 0 aliphatic heterocycles. The number of hydrogen-bond acceptors (Lipinski definition) is 5. The van der Waals surface area contributed by atoms with Gasteiger partial charge >= 0.3 is 0 Å². The summed E-state index contributed by atoms with van der Waals surface area (Å²) in [5.74, 6) is 0.793. The molecule has 0 spiro atoms. The molecule has 5 nitrogen and oxygen atoms in total. The third kappa shape index (κ3) is 4.10. The van der Waals surface area contributed by atoms with Gasteiger partial charge in [-0.1, -0.05) is 25.6 Å². The monoisotopic (exact) mass is 339 g/mol. The van der Waals surface area contributed by atoms with Gasteiger partial charge in [-0.05, 0) is 31.7 Å². The van der Waals surface area contributed by atoms with Crippen LogP contribution in [0.1, 0.15) is 30.7 Å². The summed E-state index contributed by atoms with van der Waals surface area (Å²) in [5, 5.41) is 4.03. The van der Waals surface area contributed by atoms with E-state index in [4.69, 9.17) is 0 Å². The van der Waals surface area contributed by atoms with Crippen molar-refractivity contribution in [1.29, 1.82) is 0 Å². The molecule has 2 aromatic heterocycles. The van der Waals surface area contributed by atoms with E-state index in [0.29, 0.717) is 23.0 Å². The molecule has 0 saturated carbocycles. The Bertz CT molecular complexity index is 734. The second kappa shape index (κ2) is 7.28. The van der Waals surface area contributed by atoms with Crippen LogP contribution in [-0.2, 0) is 4.79 Å². The van der Waals surface area contributed by atoms with Crippen molar-refractivity contribution < 1.29 is 4.79 Å². The number of thiophene rings is 1. The summed E-state index contributed by atoms with van der Waals surface area (Å²) in [6, 6.07) is 0. The standard InChI is InChI=1S/C15H21N3O2S2/c1-8(2)5-6-16-11(19)7-21-15-17-13(20)12-9(3)10(4)22-14(12)18-15/h8H,5-7H2,1-4H3,(H,16,19)(H,17,18,20). The average Bonchev–Trinajstić information content (AvgIpc) is 2.71. The zero-order valence-electron chi connectivity index (χ0n) is 13.3. The molecule has 0 fully saturated rings. The van der Waals surface area contributed by atoms with Gasteiger partial charge in [-0.3, -0.25) is 9.59 Å². The Kier molecular flexibility index (Phi) is 5.63. The van der Waals surface area contributed by atoms with E-state index in [0.717, 1.165) is 21.7 Å². The van der Waals surface area contributed by atoms with Gasteiger partial charge in [0.1, 0.15) is 4.83 Å². The molecule has 7 heteroatoms. The predicted octanol–water partition coefficient (Wildman–Crippen LogP) is 2.86. The van der Waals surface area contributed by atoms with Gasteiger partial charge in [0.05, 0.1) is 11.1 Å². The summed E-state index contributed by atoms with van der Waals surface area (Å²) >= 11 is 2.77. The Hall–Kier alpha value is -1.34. The van der Waals surface area contributed by atoms with E-state index in [9.17, 15) is 9.59 Å². The number of nitrogens with one attached hydrogen (secondary N) is 2. The summed E-state index contributed by atoms with van der Waals surface area (Å²) in [6.07, 6.45) is 0.963. The van der Waals surface area contributed by atoms with Crippen LogP contribution in [-0.4, -0.2) is 28.2 Å². The van der Waals surface area contributed by atoms with E-state index >= 15 is 0 Å². The lowest BCUT2D eigenvalue weighted by molar-refractivity contribution is -0.118. The number of carbonyl (C=O) groups is 1. The fourth-order valence-corrected chi connectivity index (χ4v) is 3.77. The maximum atomic E-state index is 12.1. The van der Waals surface area contributed by atoms with Crippen molar-refractivity contribution in [2.24, 2.45) is 5.92 Å². The Morgan fingerprint density at radius 2 is 2.14 bits per heavy atom. The second-order valence-electron chi connectivity index (χ2n) is 5.66. The molecule has 2 N–H and O–H groups in total. The zero-order chi connectivity index (χ0) is 16.3. The van der Waals surface area contributed by atoms with Crippen LogP contribution in [0.4, 0.5) is 0 Å². The minimum atomic E-state index is -0.130. The largest absolute Gasteiger partial charge is 0.355 e. The maximum absolute atomic E-state index is 12.1. The van der Waals surface area contributed by atoms with E-state index in [1.165, 1.54) is 23.1 Å². The van der Waals surface area contributed by atoms with Crippen LogP contribution < -0.4 is 10.9 Å². The molecular formula is C15H21N3O2S2. The van der Waals surface area contributed by atoms with Crippen LogP contribution in [0.2, 0.25) is 0 Å². The van der Waals surface area contributed by atoms with Crippen molar-refractivity contribution in [3.63, 3.8) is 0 Å². The minimum absolute atomic E-state index is 0.0352. The molecule has 0 bridgehead atoms. The number of thioether (sulfide) groups is 1. The first-order valence-electron chi connectivity index (χ1n) is 7.28. The van der Waals surface area contributed by atoms with E-state index < -0.39 is 0 Å². The number of H-pyrrole nitrogens is 1. The molecule has 0 radical (unpaired) electrons. The number of carbonyl (C=O) groups excluding carboxylic acids is 1. The number of rotatable bonds is 6. The minimum Gasteiger partial charge on any atom is -0.355 e. The van der Waals surface area contributed by atoms with Gasteiger partial charge in [0, 0.05) is 11.4 Å². The molecular weight excluding hydrogens is 318 g/mol. The van der Waals surface area contributed by atoms with Crippen LogP contribution in [0.25, 0.3) is 10.2 Å². The molecule has 1 amide bonds. The highest BCUT2D eigenvalue weighted by molar-refractivity contribution is 7.99. The van der Waals surface area contributed by atoms with Gasteiger partial charge in [-0.2, -0.15) is 0 Å². The zero-order valence-corrected chi connectivity index (χ0v) is 14.9. The number of aryl methyl sites for hydroxylation is 2. The Balaban J connectivity index is 2.00. The van der Waals surface area contributed by atoms with Crippen LogP contribution in [0.3, 0.4) is 0 Å².